The standard InChI is InChI=1S/C23H18ClN5O/c1-14(30)15-5-4-6-17(11-15)27-23-26-13-16-12-19(18-7-2-3-8-20(18)24)22-25-9-10-29(22)21(16)28-23/h2-8,11-13,25H,9-10H2,1H3. The Hall–Kier alpha value is -3.51. The minimum atomic E-state index is -0.00182. The van der Waals surface area contributed by atoms with E-state index in [1.807, 2.05) is 36.4 Å². The smallest absolute Gasteiger partial charge is 0.251 e. The number of nitrogens with zero attached hydrogens (tertiary/aromatic N) is 4. The number of carbonyl (C=O) groups excluding carboxylic acids is 1. The summed E-state index contributed by atoms with van der Waals surface area (Å²) in [6.45, 7) is 3.14. The Morgan fingerprint density at radius 3 is 2.83 bits per heavy atom. The highest BCUT2D eigenvalue weighted by Crippen LogP contribution is 2.39. The summed E-state index contributed by atoms with van der Waals surface area (Å²) in [6, 6.07) is 17.0. The quantitative estimate of drug-likeness (QED) is 0.498. The van der Waals surface area contributed by atoms with E-state index in [0.29, 0.717) is 21.9 Å². The van der Waals surface area contributed by atoms with Crippen LogP contribution in [0.3, 0.4) is 0 Å². The largest absolute Gasteiger partial charge is 0.369 e. The normalized spacial score (nSPS) is 13.3. The van der Waals surface area contributed by atoms with Gasteiger partial charge in [0.1, 0.15) is 11.6 Å². The number of pyridine rings is 1. The summed E-state index contributed by atoms with van der Waals surface area (Å²) in [5.41, 5.74) is 4.52. The van der Waals surface area contributed by atoms with E-state index in [9.17, 15) is 4.79 Å². The lowest BCUT2D eigenvalue weighted by Crippen LogP contribution is -2.17. The summed E-state index contributed by atoms with van der Waals surface area (Å²) in [6.07, 6.45) is 1.78. The van der Waals surface area contributed by atoms with Crippen molar-refractivity contribution in [2.75, 3.05) is 11.9 Å². The number of anilines is 1. The molecule has 0 unspecified atom stereocenters. The zero-order valence-corrected chi connectivity index (χ0v) is 17.0. The molecule has 6 nitrogen and oxygen atoms in total. The van der Waals surface area contributed by atoms with Crippen molar-refractivity contribution in [2.24, 2.45) is 4.99 Å². The van der Waals surface area contributed by atoms with Crippen molar-refractivity contribution in [2.45, 2.75) is 13.5 Å². The number of nitrogens with one attached hydrogen (secondary N) is 1. The van der Waals surface area contributed by atoms with Crippen LogP contribution in [0.1, 0.15) is 17.3 Å². The molecule has 2 aromatic carbocycles. The molecule has 0 radical (unpaired) electrons. The number of carbonyl (C=O) groups is 1. The third-order valence-corrected chi connectivity index (χ3v) is 5.47. The van der Waals surface area contributed by atoms with E-state index in [1.54, 1.807) is 18.3 Å². The molecule has 148 valence electrons. The Bertz CT molecular complexity index is 1330. The third kappa shape index (κ3) is 3.25. The predicted molar refractivity (Wildman–Crippen MR) is 117 cm³/mol. The van der Waals surface area contributed by atoms with Crippen molar-refractivity contribution >= 4 is 28.9 Å². The molecule has 2 aromatic rings. The number of fused-ring (bicyclic) bond motifs is 3. The summed E-state index contributed by atoms with van der Waals surface area (Å²) in [5, 5.41) is 4.15. The summed E-state index contributed by atoms with van der Waals surface area (Å²) < 4.78 is 2.14. The first kappa shape index (κ1) is 18.5. The number of benzene rings is 2. The zero-order chi connectivity index (χ0) is 20.7. The average molecular weight is 416 g/mol. The number of halogens is 1. The molecule has 3 heterocycles. The lowest BCUT2D eigenvalue weighted by molar-refractivity contribution is 0.101. The Morgan fingerprint density at radius 1 is 1.13 bits per heavy atom. The lowest BCUT2D eigenvalue weighted by Gasteiger charge is -2.17. The fourth-order valence-electron chi connectivity index (χ4n) is 3.71. The fraction of sp³-hybridized carbons (Fsp3) is 0.130. The van der Waals surface area contributed by atoms with Crippen LogP contribution >= 0.6 is 11.6 Å². The number of rotatable bonds is 3. The molecule has 7 heteroatoms. The van der Waals surface area contributed by atoms with Crippen molar-refractivity contribution < 1.29 is 4.79 Å². The maximum atomic E-state index is 11.6. The molecule has 0 amide bonds. The van der Waals surface area contributed by atoms with Crippen molar-refractivity contribution in [3.8, 4) is 22.5 Å². The van der Waals surface area contributed by atoms with Crippen LogP contribution in [0.25, 0.3) is 22.5 Å². The molecule has 0 saturated heterocycles. The number of Topliss-reactive ketones (excluding diaryl/α,β-unsaturated/α-hetero) is 1. The lowest BCUT2D eigenvalue weighted by atomic mass is 10.0. The van der Waals surface area contributed by atoms with Gasteiger partial charge < -0.3 is 9.88 Å². The number of hydrogen-bond donors (Lipinski definition) is 1. The van der Waals surface area contributed by atoms with E-state index in [1.165, 1.54) is 6.92 Å². The van der Waals surface area contributed by atoms with Crippen LogP contribution < -0.4 is 10.9 Å². The SMILES string of the molecule is CC(=O)c1cccc(N=c2ncc3cc(-c4ccccc4Cl)c4n(c-3n2)CCN4)c1. The van der Waals surface area contributed by atoms with Gasteiger partial charge in [-0.05, 0) is 31.2 Å². The van der Waals surface area contributed by atoms with E-state index in [4.69, 9.17) is 16.6 Å². The van der Waals surface area contributed by atoms with Crippen molar-refractivity contribution in [3.05, 3.63) is 77.0 Å². The first-order valence-corrected chi connectivity index (χ1v) is 10.0. The maximum Gasteiger partial charge on any atom is 0.251 e. The monoisotopic (exact) mass is 415 g/mol. The summed E-state index contributed by atoms with van der Waals surface area (Å²) in [4.78, 5) is 25.3. The molecule has 3 aliphatic rings. The Morgan fingerprint density at radius 2 is 2.00 bits per heavy atom. The highest BCUT2D eigenvalue weighted by Gasteiger charge is 2.22. The van der Waals surface area contributed by atoms with Crippen LogP contribution in [-0.2, 0) is 6.54 Å². The highest BCUT2D eigenvalue weighted by atomic mass is 35.5. The van der Waals surface area contributed by atoms with Gasteiger partial charge in [0.25, 0.3) is 5.62 Å². The molecular weight excluding hydrogens is 398 g/mol. The molecule has 30 heavy (non-hydrogen) atoms. The topological polar surface area (TPSA) is 72.2 Å². The van der Waals surface area contributed by atoms with Gasteiger partial charge in [0.2, 0.25) is 0 Å². The fourth-order valence-corrected chi connectivity index (χ4v) is 3.95. The van der Waals surface area contributed by atoms with E-state index in [2.05, 4.69) is 25.9 Å². The summed E-state index contributed by atoms with van der Waals surface area (Å²) in [5.74, 6) is 1.79. The number of ketones is 1. The van der Waals surface area contributed by atoms with Crippen LogP contribution in [0.4, 0.5) is 11.5 Å². The van der Waals surface area contributed by atoms with E-state index >= 15 is 0 Å². The second kappa shape index (κ2) is 7.39. The van der Waals surface area contributed by atoms with Gasteiger partial charge in [0.15, 0.2) is 5.78 Å². The number of hydrogen-bond acceptors (Lipinski definition) is 5. The van der Waals surface area contributed by atoms with Gasteiger partial charge in [-0.1, -0.05) is 41.9 Å². The highest BCUT2D eigenvalue weighted by molar-refractivity contribution is 6.33. The van der Waals surface area contributed by atoms with Crippen LogP contribution in [-0.4, -0.2) is 26.9 Å². The van der Waals surface area contributed by atoms with Gasteiger partial charge in [-0.15, -0.1) is 0 Å². The van der Waals surface area contributed by atoms with Gasteiger partial charge in [-0.2, -0.15) is 4.98 Å². The number of aromatic nitrogens is 3. The second-order valence-corrected chi connectivity index (χ2v) is 7.54. The molecule has 0 fully saturated rings. The minimum absolute atomic E-state index is 0.00182. The summed E-state index contributed by atoms with van der Waals surface area (Å²) in [7, 11) is 0. The first-order valence-electron chi connectivity index (χ1n) is 9.65. The molecule has 0 spiro atoms. The molecular formula is C23H18ClN5O. The average Bonchev–Trinajstić information content (AvgIpc) is 3.24. The Kier molecular flexibility index (Phi) is 4.56. The van der Waals surface area contributed by atoms with Gasteiger partial charge in [0.05, 0.1) is 5.69 Å². The molecule has 0 aromatic heterocycles. The Balaban J connectivity index is 1.68. The molecule has 0 bridgehead atoms. The minimum Gasteiger partial charge on any atom is -0.369 e. The zero-order valence-electron chi connectivity index (χ0n) is 16.3. The van der Waals surface area contributed by atoms with E-state index in [0.717, 1.165) is 41.4 Å². The van der Waals surface area contributed by atoms with Gasteiger partial charge in [-0.25, -0.2) is 9.98 Å². The van der Waals surface area contributed by atoms with Gasteiger partial charge in [0, 0.05) is 46.6 Å². The van der Waals surface area contributed by atoms with Crippen LogP contribution in [0.2, 0.25) is 5.02 Å². The van der Waals surface area contributed by atoms with Crippen LogP contribution in [0.5, 0.6) is 0 Å². The van der Waals surface area contributed by atoms with Gasteiger partial charge >= 0.3 is 0 Å². The molecule has 0 atom stereocenters. The molecule has 0 saturated carbocycles. The maximum absolute atomic E-state index is 11.6. The third-order valence-electron chi connectivity index (χ3n) is 5.14. The summed E-state index contributed by atoms with van der Waals surface area (Å²) >= 11 is 6.45. The van der Waals surface area contributed by atoms with Crippen LogP contribution in [0.15, 0.2) is 65.8 Å². The molecule has 1 N–H and O–H groups in total. The second-order valence-electron chi connectivity index (χ2n) is 7.13. The first-order chi connectivity index (χ1) is 14.6. The van der Waals surface area contributed by atoms with Crippen molar-refractivity contribution in [1.82, 2.24) is 14.5 Å². The molecule has 5 rings (SSSR count). The molecule has 3 aliphatic heterocycles. The Labute approximate surface area is 178 Å². The van der Waals surface area contributed by atoms with Crippen molar-refractivity contribution in [1.29, 1.82) is 0 Å². The van der Waals surface area contributed by atoms with E-state index in [-0.39, 0.29) is 5.78 Å². The van der Waals surface area contributed by atoms with Gasteiger partial charge in [-0.3, -0.25) is 4.79 Å². The van der Waals surface area contributed by atoms with E-state index < -0.39 is 0 Å². The van der Waals surface area contributed by atoms with Crippen molar-refractivity contribution in [3.63, 3.8) is 0 Å². The molecule has 0 aliphatic carbocycles. The predicted octanol–water partition coefficient (Wildman–Crippen LogP) is 4.56. The van der Waals surface area contributed by atoms with Crippen LogP contribution in [0, 0.1) is 0 Å².